The molecule has 2 nitrogen and oxygen atoms in total. The van der Waals surface area contributed by atoms with Gasteiger partial charge in [0.15, 0.2) is 0 Å². The molecule has 0 atom stereocenters. The molecule has 0 aliphatic heterocycles. The molecule has 0 saturated heterocycles. The lowest BCUT2D eigenvalue weighted by atomic mass is 9.96. The number of amides is 1. The van der Waals surface area contributed by atoms with E-state index in [0.29, 0.717) is 4.47 Å². The zero-order valence-corrected chi connectivity index (χ0v) is 11.2. The molecule has 0 radical (unpaired) electrons. The Labute approximate surface area is 111 Å². The second-order valence-corrected chi connectivity index (χ2v) is 5.62. The number of halogens is 4. The number of hydrogen-bond acceptors (Lipinski definition) is 1. The molecule has 2 rings (SSSR count). The summed E-state index contributed by atoms with van der Waals surface area (Å²) < 4.78 is 37.4. The predicted molar refractivity (Wildman–Crippen MR) is 65.4 cm³/mol. The lowest BCUT2D eigenvalue weighted by molar-refractivity contribution is -0.167. The summed E-state index contributed by atoms with van der Waals surface area (Å²) in [5, 5.41) is 1.94. The van der Waals surface area contributed by atoms with Crippen LogP contribution in [-0.4, -0.2) is 12.1 Å². The fourth-order valence-electron chi connectivity index (χ4n) is 1.80. The topological polar surface area (TPSA) is 29.1 Å². The van der Waals surface area contributed by atoms with Crippen LogP contribution in [0.25, 0.3) is 0 Å². The van der Waals surface area contributed by atoms with Crippen LogP contribution in [0.15, 0.2) is 22.7 Å². The summed E-state index contributed by atoms with van der Waals surface area (Å²) in [6, 6.07) is 5.02. The van der Waals surface area contributed by atoms with Crippen molar-refractivity contribution in [2.24, 2.45) is 0 Å². The second-order valence-electron chi connectivity index (χ2n) is 4.70. The third-order valence-electron chi connectivity index (χ3n) is 3.14. The van der Waals surface area contributed by atoms with E-state index >= 15 is 0 Å². The zero-order chi connectivity index (χ0) is 13.6. The van der Waals surface area contributed by atoms with Crippen LogP contribution in [0.5, 0.6) is 0 Å². The third-order valence-corrected chi connectivity index (χ3v) is 3.63. The molecule has 0 bridgehead atoms. The highest BCUT2D eigenvalue weighted by Gasteiger charge is 2.43. The van der Waals surface area contributed by atoms with Crippen molar-refractivity contribution >= 4 is 27.5 Å². The molecule has 0 spiro atoms. The number of nitrogens with one attached hydrogen (secondary N) is 1. The first-order valence-electron chi connectivity index (χ1n) is 5.41. The molecule has 98 valence electrons. The summed E-state index contributed by atoms with van der Waals surface area (Å²) in [4.78, 5) is 11.0. The van der Waals surface area contributed by atoms with E-state index in [-0.39, 0.29) is 11.1 Å². The number of hydrogen-bond donors (Lipinski definition) is 1. The molecule has 1 aromatic carbocycles. The number of rotatable bonds is 2. The SMILES string of the molecule is CC1(c2ccc(Br)cc2NC(=O)C(F)(F)F)CC1. The van der Waals surface area contributed by atoms with Gasteiger partial charge in [0.25, 0.3) is 0 Å². The van der Waals surface area contributed by atoms with E-state index in [4.69, 9.17) is 0 Å². The van der Waals surface area contributed by atoms with E-state index in [1.54, 1.807) is 12.1 Å². The highest BCUT2D eigenvalue weighted by molar-refractivity contribution is 9.10. The maximum Gasteiger partial charge on any atom is 0.471 e. The largest absolute Gasteiger partial charge is 0.471 e. The van der Waals surface area contributed by atoms with Gasteiger partial charge in [0.1, 0.15) is 0 Å². The average Bonchev–Trinajstić information content (AvgIpc) is 2.96. The zero-order valence-electron chi connectivity index (χ0n) is 9.57. The number of carbonyl (C=O) groups is 1. The minimum absolute atomic E-state index is 0.116. The van der Waals surface area contributed by atoms with Gasteiger partial charge in [0.2, 0.25) is 0 Å². The van der Waals surface area contributed by atoms with Gasteiger partial charge in [0, 0.05) is 10.2 Å². The van der Waals surface area contributed by atoms with Crippen LogP contribution in [0.4, 0.5) is 18.9 Å². The Kier molecular flexibility index (Phi) is 3.17. The van der Waals surface area contributed by atoms with Gasteiger partial charge in [-0.1, -0.05) is 28.9 Å². The van der Waals surface area contributed by atoms with Crippen molar-refractivity contribution in [3.05, 3.63) is 28.2 Å². The molecule has 6 heteroatoms. The summed E-state index contributed by atoms with van der Waals surface area (Å²) in [5.74, 6) is -1.94. The fourth-order valence-corrected chi connectivity index (χ4v) is 2.16. The first kappa shape index (κ1) is 13.4. The molecule has 1 aliphatic rings. The van der Waals surface area contributed by atoms with Crippen molar-refractivity contribution in [2.45, 2.75) is 31.4 Å². The van der Waals surface area contributed by atoms with Gasteiger partial charge in [0.05, 0.1) is 0 Å². The Morgan fingerprint density at radius 1 is 1.39 bits per heavy atom. The molecule has 18 heavy (non-hydrogen) atoms. The maximum atomic E-state index is 12.3. The van der Waals surface area contributed by atoms with Crippen molar-refractivity contribution in [2.75, 3.05) is 5.32 Å². The van der Waals surface area contributed by atoms with Gasteiger partial charge in [-0.25, -0.2) is 0 Å². The average molecular weight is 322 g/mol. The van der Waals surface area contributed by atoms with Gasteiger partial charge < -0.3 is 5.32 Å². The van der Waals surface area contributed by atoms with E-state index in [1.807, 2.05) is 12.2 Å². The number of anilines is 1. The van der Waals surface area contributed by atoms with E-state index in [0.717, 1.165) is 18.4 Å². The van der Waals surface area contributed by atoms with E-state index in [1.165, 1.54) is 6.07 Å². The highest BCUT2D eigenvalue weighted by atomic mass is 79.9. The quantitative estimate of drug-likeness (QED) is 0.876. The van der Waals surface area contributed by atoms with Gasteiger partial charge in [-0.3, -0.25) is 4.79 Å². The molecule has 1 saturated carbocycles. The Hall–Kier alpha value is -1.04. The minimum Gasteiger partial charge on any atom is -0.318 e. The lowest BCUT2D eigenvalue weighted by Gasteiger charge is -2.17. The van der Waals surface area contributed by atoms with Crippen LogP contribution in [0.2, 0.25) is 0 Å². The summed E-state index contributed by atoms with van der Waals surface area (Å²) in [7, 11) is 0. The first-order chi connectivity index (χ1) is 8.22. The smallest absolute Gasteiger partial charge is 0.318 e. The molecule has 0 unspecified atom stereocenters. The van der Waals surface area contributed by atoms with Crippen LogP contribution in [-0.2, 0) is 10.2 Å². The standard InChI is InChI=1S/C12H11BrF3NO/c1-11(4-5-11)8-3-2-7(13)6-9(8)17-10(18)12(14,15)16/h2-3,6H,4-5H2,1H3,(H,17,18). The Balaban J connectivity index is 2.32. The van der Waals surface area contributed by atoms with E-state index in [9.17, 15) is 18.0 Å². The summed E-state index contributed by atoms with van der Waals surface area (Å²) in [6.45, 7) is 1.97. The normalized spacial score (nSPS) is 17.4. The van der Waals surface area contributed by atoms with Crippen molar-refractivity contribution in [3.8, 4) is 0 Å². The summed E-state index contributed by atoms with van der Waals surface area (Å²) in [5.41, 5.74) is 0.865. The van der Waals surface area contributed by atoms with E-state index in [2.05, 4.69) is 15.9 Å². The lowest BCUT2D eigenvalue weighted by Crippen LogP contribution is -2.30. The van der Waals surface area contributed by atoms with Gasteiger partial charge in [-0.15, -0.1) is 0 Å². The van der Waals surface area contributed by atoms with Gasteiger partial charge in [-0.05, 0) is 36.0 Å². The van der Waals surface area contributed by atoms with Crippen molar-refractivity contribution in [3.63, 3.8) is 0 Å². The molecule has 1 fully saturated rings. The monoisotopic (exact) mass is 321 g/mol. The second kappa shape index (κ2) is 4.26. The summed E-state index contributed by atoms with van der Waals surface area (Å²) in [6.07, 6.45) is -3.03. The van der Waals surface area contributed by atoms with Crippen molar-refractivity contribution < 1.29 is 18.0 Å². The summed E-state index contributed by atoms with van der Waals surface area (Å²) >= 11 is 3.19. The molecule has 1 N–H and O–H groups in total. The molecule has 1 aliphatic carbocycles. The number of benzene rings is 1. The molecule has 0 heterocycles. The van der Waals surface area contributed by atoms with Gasteiger partial charge in [-0.2, -0.15) is 13.2 Å². The number of carbonyl (C=O) groups excluding carboxylic acids is 1. The number of alkyl halides is 3. The fraction of sp³-hybridized carbons (Fsp3) is 0.417. The third kappa shape index (κ3) is 2.68. The molecule has 1 amide bonds. The molecular formula is C12H11BrF3NO. The predicted octanol–water partition coefficient (Wildman–Crippen LogP) is 4.00. The molecule has 0 aromatic heterocycles. The van der Waals surface area contributed by atoms with Crippen molar-refractivity contribution in [1.82, 2.24) is 0 Å². The van der Waals surface area contributed by atoms with Crippen LogP contribution in [0.3, 0.4) is 0 Å². The molecule has 1 aromatic rings. The maximum absolute atomic E-state index is 12.3. The highest BCUT2D eigenvalue weighted by Crippen LogP contribution is 2.50. The van der Waals surface area contributed by atoms with Gasteiger partial charge >= 0.3 is 12.1 Å². The Morgan fingerprint density at radius 3 is 2.50 bits per heavy atom. The molecular weight excluding hydrogens is 311 g/mol. The Bertz CT molecular complexity index is 495. The van der Waals surface area contributed by atoms with E-state index < -0.39 is 12.1 Å². The van der Waals surface area contributed by atoms with Crippen molar-refractivity contribution in [1.29, 1.82) is 0 Å². The van der Waals surface area contributed by atoms with Crippen LogP contribution in [0, 0.1) is 0 Å². The Morgan fingerprint density at radius 2 is 2.00 bits per heavy atom. The van der Waals surface area contributed by atoms with Crippen LogP contribution >= 0.6 is 15.9 Å². The minimum atomic E-state index is -4.87. The van der Waals surface area contributed by atoms with Crippen LogP contribution in [0.1, 0.15) is 25.3 Å². The van der Waals surface area contributed by atoms with Crippen LogP contribution < -0.4 is 5.32 Å². The first-order valence-corrected chi connectivity index (χ1v) is 6.20.